The van der Waals surface area contributed by atoms with Crippen molar-refractivity contribution in [3.63, 3.8) is 0 Å². The van der Waals surface area contributed by atoms with Gasteiger partial charge in [-0.2, -0.15) is 0 Å². The Kier molecular flexibility index (Phi) is 8.11. The van der Waals surface area contributed by atoms with Crippen LogP contribution in [-0.4, -0.2) is 11.7 Å². The largest absolute Gasteiger partial charge is 0.257 e. The highest BCUT2D eigenvalue weighted by Crippen LogP contribution is 2.30. The van der Waals surface area contributed by atoms with Crippen molar-refractivity contribution in [2.45, 2.75) is 62.7 Å². The monoisotopic (exact) mass is 286 g/mol. The average molecular weight is 286 g/mol. The molecule has 0 heterocycles. The van der Waals surface area contributed by atoms with Crippen LogP contribution in [0.15, 0.2) is 35.2 Å². The Balaban J connectivity index is 2.13. The predicted octanol–water partition coefficient (Wildman–Crippen LogP) is 6.16. The molecule has 0 aliphatic heterocycles. The molecule has 19 heavy (non-hydrogen) atoms. The van der Waals surface area contributed by atoms with Gasteiger partial charge >= 0.3 is 0 Å². The van der Waals surface area contributed by atoms with E-state index in [2.05, 4.69) is 6.92 Å². The zero-order valence-electron chi connectivity index (χ0n) is 11.7. The van der Waals surface area contributed by atoms with Gasteiger partial charge in [0.15, 0.2) is 0 Å². The summed E-state index contributed by atoms with van der Waals surface area (Å²) in [4.78, 5) is 0.921. The van der Waals surface area contributed by atoms with Crippen LogP contribution in [0.5, 0.6) is 0 Å². The van der Waals surface area contributed by atoms with Crippen molar-refractivity contribution in [1.29, 1.82) is 0 Å². The molecule has 0 saturated heterocycles. The second-order valence-electron chi connectivity index (χ2n) is 4.98. The normalized spacial score (nSPS) is 11.7. The van der Waals surface area contributed by atoms with Gasteiger partial charge in [-0.15, -0.1) is 11.8 Å². The van der Waals surface area contributed by atoms with Crippen molar-refractivity contribution >= 4 is 11.8 Å². The molecule has 0 amide bonds. The van der Waals surface area contributed by atoms with Crippen LogP contribution in [0, 0.1) is 0 Å². The smallest absolute Gasteiger partial charge is 0.206 e. The molecular formula is C16H24F2S. The molecule has 0 fully saturated rings. The van der Waals surface area contributed by atoms with Gasteiger partial charge < -0.3 is 0 Å². The summed E-state index contributed by atoms with van der Waals surface area (Å²) in [7, 11) is 0. The number of hydrogen-bond acceptors (Lipinski definition) is 1. The van der Waals surface area contributed by atoms with Crippen LogP contribution in [0.25, 0.3) is 0 Å². The number of unbranched alkanes of at least 4 members (excludes halogenated alkanes) is 5. The highest BCUT2D eigenvalue weighted by Gasteiger charge is 2.28. The number of rotatable bonds is 10. The third-order valence-electron chi connectivity index (χ3n) is 3.09. The number of alkyl halides is 2. The molecule has 0 aliphatic carbocycles. The third-order valence-corrected chi connectivity index (χ3v) is 4.26. The lowest BCUT2D eigenvalue weighted by molar-refractivity contribution is 0.0157. The van der Waals surface area contributed by atoms with E-state index >= 15 is 0 Å². The SMILES string of the molecule is CCCCCCCCC(F)(F)CSc1ccccc1. The van der Waals surface area contributed by atoms with Crippen LogP contribution in [-0.2, 0) is 0 Å². The predicted molar refractivity (Wildman–Crippen MR) is 80.1 cm³/mol. The van der Waals surface area contributed by atoms with Crippen molar-refractivity contribution in [3.05, 3.63) is 30.3 Å². The van der Waals surface area contributed by atoms with Crippen LogP contribution in [0.3, 0.4) is 0 Å². The molecule has 0 N–H and O–H groups in total. The van der Waals surface area contributed by atoms with Crippen LogP contribution >= 0.6 is 11.8 Å². The molecule has 1 aromatic rings. The number of halogens is 2. The molecule has 0 radical (unpaired) electrons. The Morgan fingerprint density at radius 2 is 1.58 bits per heavy atom. The maximum absolute atomic E-state index is 13.7. The van der Waals surface area contributed by atoms with E-state index in [0.29, 0.717) is 6.42 Å². The summed E-state index contributed by atoms with van der Waals surface area (Å²) < 4.78 is 27.3. The van der Waals surface area contributed by atoms with Crippen LogP contribution in [0.2, 0.25) is 0 Å². The number of thioether (sulfide) groups is 1. The van der Waals surface area contributed by atoms with Gasteiger partial charge in [0.2, 0.25) is 0 Å². The molecule has 1 rings (SSSR count). The number of hydrogen-bond donors (Lipinski definition) is 0. The standard InChI is InChI=1S/C16H24F2S/c1-2-3-4-5-6-10-13-16(17,18)14-19-15-11-8-7-9-12-15/h7-9,11-12H,2-6,10,13-14H2,1H3. The van der Waals surface area contributed by atoms with Crippen molar-refractivity contribution in [2.75, 3.05) is 5.75 Å². The minimum Gasteiger partial charge on any atom is -0.206 e. The first-order chi connectivity index (χ1) is 9.14. The second kappa shape index (κ2) is 9.35. The van der Waals surface area contributed by atoms with E-state index in [1.165, 1.54) is 31.0 Å². The van der Waals surface area contributed by atoms with Gasteiger partial charge in [0.1, 0.15) is 0 Å². The van der Waals surface area contributed by atoms with Crippen LogP contribution < -0.4 is 0 Å². The summed E-state index contributed by atoms with van der Waals surface area (Å²) in [5.41, 5.74) is 0. The van der Waals surface area contributed by atoms with E-state index in [1.54, 1.807) is 0 Å². The molecule has 0 bridgehead atoms. The van der Waals surface area contributed by atoms with Crippen molar-refractivity contribution in [1.82, 2.24) is 0 Å². The Morgan fingerprint density at radius 1 is 0.947 bits per heavy atom. The van der Waals surface area contributed by atoms with Gasteiger partial charge in [0, 0.05) is 11.3 Å². The minimum atomic E-state index is -2.54. The molecule has 0 nitrogen and oxygen atoms in total. The maximum Gasteiger partial charge on any atom is 0.257 e. The topological polar surface area (TPSA) is 0 Å². The van der Waals surface area contributed by atoms with Crippen molar-refractivity contribution in [2.24, 2.45) is 0 Å². The van der Waals surface area contributed by atoms with Gasteiger partial charge in [-0.25, -0.2) is 8.78 Å². The summed E-state index contributed by atoms with van der Waals surface area (Å²) in [6, 6.07) is 9.43. The molecule has 0 spiro atoms. The van der Waals surface area contributed by atoms with Gasteiger partial charge in [0.25, 0.3) is 5.92 Å². The Bertz CT molecular complexity index is 325. The lowest BCUT2D eigenvalue weighted by atomic mass is 10.1. The first kappa shape index (κ1) is 16.5. The van der Waals surface area contributed by atoms with E-state index in [-0.39, 0.29) is 12.2 Å². The van der Waals surface area contributed by atoms with E-state index in [4.69, 9.17) is 0 Å². The number of benzene rings is 1. The zero-order chi connectivity index (χ0) is 14.0. The lowest BCUT2D eigenvalue weighted by Crippen LogP contribution is -2.19. The zero-order valence-corrected chi connectivity index (χ0v) is 12.5. The maximum atomic E-state index is 13.7. The lowest BCUT2D eigenvalue weighted by Gasteiger charge is -2.15. The molecule has 1 aromatic carbocycles. The van der Waals surface area contributed by atoms with Gasteiger partial charge in [-0.05, 0) is 18.6 Å². The molecule has 3 heteroatoms. The summed E-state index contributed by atoms with van der Waals surface area (Å²) in [6.45, 7) is 2.16. The van der Waals surface area contributed by atoms with E-state index in [1.807, 2.05) is 30.3 Å². The highest BCUT2D eigenvalue weighted by molar-refractivity contribution is 7.99. The fourth-order valence-corrected chi connectivity index (χ4v) is 2.81. The molecule has 0 aromatic heterocycles. The fraction of sp³-hybridized carbons (Fsp3) is 0.625. The molecule has 108 valence electrons. The average Bonchev–Trinajstić information content (AvgIpc) is 2.42. The molecular weight excluding hydrogens is 262 g/mol. The summed E-state index contributed by atoms with van der Waals surface area (Å²) in [5, 5.41) is 0. The van der Waals surface area contributed by atoms with Gasteiger partial charge in [-0.3, -0.25) is 0 Å². The van der Waals surface area contributed by atoms with E-state index < -0.39 is 5.92 Å². The molecule has 0 unspecified atom stereocenters. The Hall–Kier alpha value is -0.570. The summed E-state index contributed by atoms with van der Waals surface area (Å²) >= 11 is 1.25. The first-order valence-corrected chi connectivity index (χ1v) is 8.18. The molecule has 0 aliphatic rings. The fourth-order valence-electron chi connectivity index (χ4n) is 1.94. The Labute approximate surface area is 120 Å². The quantitative estimate of drug-likeness (QED) is 0.366. The summed E-state index contributed by atoms with van der Waals surface area (Å²) in [5.74, 6) is -2.64. The Morgan fingerprint density at radius 3 is 2.26 bits per heavy atom. The molecule has 0 atom stereocenters. The van der Waals surface area contributed by atoms with E-state index in [0.717, 1.165) is 17.7 Å². The first-order valence-electron chi connectivity index (χ1n) is 7.20. The third kappa shape index (κ3) is 8.25. The minimum absolute atomic E-state index is 0.0267. The van der Waals surface area contributed by atoms with Crippen LogP contribution in [0.4, 0.5) is 8.78 Å². The van der Waals surface area contributed by atoms with Crippen molar-refractivity contribution < 1.29 is 8.78 Å². The second-order valence-corrected chi connectivity index (χ2v) is 6.02. The summed E-state index contributed by atoms with van der Waals surface area (Å²) in [6.07, 6.45) is 6.30. The van der Waals surface area contributed by atoms with Crippen LogP contribution in [0.1, 0.15) is 51.9 Å². The highest BCUT2D eigenvalue weighted by atomic mass is 32.2. The van der Waals surface area contributed by atoms with Gasteiger partial charge in [0.05, 0.1) is 5.75 Å². The molecule has 0 saturated carbocycles. The van der Waals surface area contributed by atoms with Gasteiger partial charge in [-0.1, -0.05) is 57.2 Å². The van der Waals surface area contributed by atoms with Crippen molar-refractivity contribution in [3.8, 4) is 0 Å². The van der Waals surface area contributed by atoms with E-state index in [9.17, 15) is 8.78 Å².